The maximum absolute atomic E-state index is 13.4. The third kappa shape index (κ3) is 3.74. The van der Waals surface area contributed by atoms with Gasteiger partial charge in [0.1, 0.15) is 5.75 Å². The number of aryl methyl sites for hydroxylation is 1. The van der Waals surface area contributed by atoms with Gasteiger partial charge in [-0.25, -0.2) is 9.97 Å². The quantitative estimate of drug-likeness (QED) is 0.744. The Labute approximate surface area is 194 Å². The summed E-state index contributed by atoms with van der Waals surface area (Å²) in [6.07, 6.45) is 6.86. The van der Waals surface area contributed by atoms with Crippen molar-refractivity contribution in [3.63, 3.8) is 0 Å². The van der Waals surface area contributed by atoms with E-state index in [4.69, 9.17) is 14.7 Å². The van der Waals surface area contributed by atoms with Crippen LogP contribution in [0.2, 0.25) is 0 Å². The van der Waals surface area contributed by atoms with Crippen LogP contribution in [0.3, 0.4) is 0 Å². The lowest BCUT2D eigenvalue weighted by Crippen LogP contribution is -2.62. The SMILES string of the molecule is COc1ccc2c(C)nc(N3CCCC(C(=O)NC4[C@@H]5CC6C[C@H]4CC(O)(C6)C5)C3)nc2c1. The van der Waals surface area contributed by atoms with Crippen LogP contribution in [0.25, 0.3) is 10.9 Å². The smallest absolute Gasteiger partial charge is 0.226 e. The topological polar surface area (TPSA) is 87.6 Å². The summed E-state index contributed by atoms with van der Waals surface area (Å²) >= 11 is 0. The van der Waals surface area contributed by atoms with E-state index in [-0.39, 0.29) is 17.9 Å². The molecule has 0 radical (unpaired) electrons. The highest BCUT2D eigenvalue weighted by Gasteiger charge is 2.55. The first-order chi connectivity index (χ1) is 15.9. The van der Waals surface area contributed by atoms with E-state index < -0.39 is 5.60 Å². The fourth-order valence-electron chi connectivity index (χ4n) is 7.39. The van der Waals surface area contributed by atoms with Gasteiger partial charge in [0, 0.05) is 30.6 Å². The molecule has 176 valence electrons. The van der Waals surface area contributed by atoms with Gasteiger partial charge in [-0.3, -0.25) is 4.79 Å². The lowest BCUT2D eigenvalue weighted by molar-refractivity contribution is -0.148. The van der Waals surface area contributed by atoms with Gasteiger partial charge in [0.15, 0.2) is 0 Å². The number of aliphatic hydroxyl groups is 1. The standard InChI is InChI=1S/C26H34N4O3/c1-15-21-6-5-20(33-2)10-22(21)28-25(27-15)30-7-3-4-17(14-30)24(31)29-23-18-8-16-9-19(23)13-26(32,11-16)12-18/h5-6,10,16-19,23,32H,3-4,7-9,11-14H2,1-2H3,(H,29,31)/t16?,17?,18-,19+,23?,26?. The predicted octanol–water partition coefficient (Wildman–Crippen LogP) is 3.22. The molecule has 7 nitrogen and oxygen atoms in total. The van der Waals surface area contributed by atoms with E-state index in [9.17, 15) is 9.90 Å². The summed E-state index contributed by atoms with van der Waals surface area (Å²) < 4.78 is 5.37. The summed E-state index contributed by atoms with van der Waals surface area (Å²) in [5.41, 5.74) is 1.35. The van der Waals surface area contributed by atoms with Gasteiger partial charge in [0.25, 0.3) is 0 Å². The zero-order valence-corrected chi connectivity index (χ0v) is 19.6. The van der Waals surface area contributed by atoms with Crippen LogP contribution in [0.1, 0.15) is 50.6 Å². The average molecular weight is 451 g/mol. The summed E-state index contributed by atoms with van der Waals surface area (Å²) in [7, 11) is 1.66. The van der Waals surface area contributed by atoms with Crippen molar-refractivity contribution < 1.29 is 14.6 Å². The number of carbonyl (C=O) groups is 1. The molecule has 6 atom stereocenters. The zero-order chi connectivity index (χ0) is 22.7. The van der Waals surface area contributed by atoms with Crippen molar-refractivity contribution in [3.8, 4) is 5.75 Å². The van der Waals surface area contributed by atoms with Crippen LogP contribution in [0.5, 0.6) is 5.75 Å². The Bertz CT molecular complexity index is 1070. The molecular weight excluding hydrogens is 416 g/mol. The average Bonchev–Trinajstić information content (AvgIpc) is 2.80. The summed E-state index contributed by atoms with van der Waals surface area (Å²) in [6, 6.07) is 6.11. The molecule has 1 aromatic heterocycles. The van der Waals surface area contributed by atoms with Gasteiger partial charge in [-0.05, 0) is 81.8 Å². The number of hydrogen-bond donors (Lipinski definition) is 2. The lowest BCUT2D eigenvalue weighted by atomic mass is 9.52. The highest BCUT2D eigenvalue weighted by molar-refractivity contribution is 5.83. The Morgan fingerprint density at radius 1 is 1.21 bits per heavy atom. The summed E-state index contributed by atoms with van der Waals surface area (Å²) in [5.74, 6) is 3.12. The maximum atomic E-state index is 13.4. The van der Waals surface area contributed by atoms with Crippen molar-refractivity contribution >= 4 is 22.8 Å². The highest BCUT2D eigenvalue weighted by atomic mass is 16.5. The Hall–Kier alpha value is -2.41. The minimum absolute atomic E-state index is 0.0519. The molecule has 0 spiro atoms. The molecular formula is C26H34N4O3. The van der Waals surface area contributed by atoms with E-state index >= 15 is 0 Å². The minimum Gasteiger partial charge on any atom is -0.497 e. The number of fused-ring (bicyclic) bond motifs is 1. The molecule has 7 heteroatoms. The minimum atomic E-state index is -0.465. The molecule has 4 aliphatic carbocycles. The van der Waals surface area contributed by atoms with Gasteiger partial charge in [-0.2, -0.15) is 0 Å². The highest BCUT2D eigenvalue weighted by Crippen LogP contribution is 2.55. The monoisotopic (exact) mass is 450 g/mol. The van der Waals surface area contributed by atoms with Gasteiger partial charge in [-0.1, -0.05) is 0 Å². The first-order valence-electron chi connectivity index (χ1n) is 12.5. The van der Waals surface area contributed by atoms with Crippen LogP contribution >= 0.6 is 0 Å². The number of nitrogens with one attached hydrogen (secondary N) is 1. The van der Waals surface area contributed by atoms with E-state index in [1.165, 1.54) is 0 Å². The molecule has 2 N–H and O–H groups in total. The van der Waals surface area contributed by atoms with Crippen LogP contribution in [0.4, 0.5) is 5.95 Å². The molecule has 4 unspecified atom stereocenters. The maximum Gasteiger partial charge on any atom is 0.226 e. The normalized spacial score (nSPS) is 35.1. The number of anilines is 1. The molecule has 1 aliphatic heterocycles. The predicted molar refractivity (Wildman–Crippen MR) is 126 cm³/mol. The Kier molecular flexibility index (Phi) is 5.02. The lowest BCUT2D eigenvalue weighted by Gasteiger charge is -2.58. The number of methoxy groups -OCH3 is 1. The number of piperidine rings is 1. The van der Waals surface area contributed by atoms with Crippen molar-refractivity contribution in [1.29, 1.82) is 0 Å². The first kappa shape index (κ1) is 21.1. The fraction of sp³-hybridized carbons (Fsp3) is 0.654. The largest absolute Gasteiger partial charge is 0.497 e. The second-order valence-corrected chi connectivity index (χ2v) is 11.0. The van der Waals surface area contributed by atoms with Crippen molar-refractivity contribution in [2.75, 3.05) is 25.1 Å². The van der Waals surface area contributed by atoms with Crippen LogP contribution in [0, 0.1) is 30.6 Å². The van der Waals surface area contributed by atoms with Gasteiger partial charge < -0.3 is 20.1 Å². The third-order valence-corrected chi connectivity index (χ3v) is 8.71. The summed E-state index contributed by atoms with van der Waals surface area (Å²) in [4.78, 5) is 25.1. The van der Waals surface area contributed by atoms with E-state index in [0.717, 1.165) is 73.8 Å². The van der Waals surface area contributed by atoms with Crippen LogP contribution in [0.15, 0.2) is 18.2 Å². The van der Waals surface area contributed by atoms with E-state index in [0.29, 0.717) is 30.2 Å². The van der Waals surface area contributed by atoms with E-state index in [2.05, 4.69) is 10.2 Å². The number of nitrogens with zero attached hydrogens (tertiary/aromatic N) is 3. The third-order valence-electron chi connectivity index (χ3n) is 8.71. The first-order valence-corrected chi connectivity index (χ1v) is 12.5. The summed E-state index contributed by atoms with van der Waals surface area (Å²) in [6.45, 7) is 3.52. The molecule has 7 rings (SSSR count). The van der Waals surface area contributed by atoms with Crippen molar-refractivity contribution in [3.05, 3.63) is 23.9 Å². The Morgan fingerprint density at radius 3 is 2.73 bits per heavy atom. The molecule has 4 bridgehead atoms. The Morgan fingerprint density at radius 2 is 2.00 bits per heavy atom. The molecule has 1 amide bonds. The number of amides is 1. The van der Waals surface area contributed by atoms with E-state index in [1.807, 2.05) is 25.1 Å². The van der Waals surface area contributed by atoms with Crippen LogP contribution < -0.4 is 15.0 Å². The van der Waals surface area contributed by atoms with Crippen LogP contribution in [-0.2, 0) is 4.79 Å². The van der Waals surface area contributed by atoms with Crippen molar-refractivity contribution in [2.24, 2.45) is 23.7 Å². The Balaban J connectivity index is 1.17. The molecule has 1 aromatic carbocycles. The molecule has 33 heavy (non-hydrogen) atoms. The van der Waals surface area contributed by atoms with Crippen molar-refractivity contribution in [1.82, 2.24) is 15.3 Å². The van der Waals surface area contributed by atoms with Gasteiger partial charge in [-0.15, -0.1) is 0 Å². The molecule has 5 aliphatic rings. The number of carbonyl (C=O) groups excluding carboxylic acids is 1. The molecule has 2 aromatic rings. The molecule has 4 saturated carbocycles. The number of ether oxygens (including phenoxy) is 1. The summed E-state index contributed by atoms with van der Waals surface area (Å²) in [5, 5.41) is 15.3. The number of benzene rings is 1. The molecule has 1 saturated heterocycles. The van der Waals surface area contributed by atoms with Gasteiger partial charge >= 0.3 is 0 Å². The molecule has 2 heterocycles. The fourth-order valence-corrected chi connectivity index (χ4v) is 7.39. The second-order valence-electron chi connectivity index (χ2n) is 11.0. The number of aromatic nitrogens is 2. The van der Waals surface area contributed by atoms with Crippen molar-refractivity contribution in [2.45, 2.75) is 63.5 Å². The van der Waals surface area contributed by atoms with Gasteiger partial charge in [0.05, 0.1) is 29.8 Å². The second kappa shape index (κ2) is 7.83. The van der Waals surface area contributed by atoms with E-state index in [1.54, 1.807) is 7.11 Å². The molecule has 5 fully saturated rings. The zero-order valence-electron chi connectivity index (χ0n) is 19.6. The van der Waals surface area contributed by atoms with Gasteiger partial charge in [0.2, 0.25) is 11.9 Å². The number of rotatable bonds is 4. The number of hydrogen-bond acceptors (Lipinski definition) is 6. The van der Waals surface area contributed by atoms with Crippen LogP contribution in [-0.4, -0.2) is 52.8 Å².